The number of pyridine rings is 1. The predicted octanol–water partition coefficient (Wildman–Crippen LogP) is 3.58. The van der Waals surface area contributed by atoms with E-state index in [2.05, 4.69) is 10.1 Å². The summed E-state index contributed by atoms with van der Waals surface area (Å²) in [4.78, 5) is 3.79. The zero-order valence-electron chi connectivity index (χ0n) is 10.9. The molecule has 0 spiro atoms. The fraction of sp³-hybridized carbons (Fsp3) is 0.385. The highest BCUT2D eigenvalue weighted by molar-refractivity contribution is 5.27. The number of halogens is 3. The Labute approximate surface area is 109 Å². The van der Waals surface area contributed by atoms with E-state index in [1.165, 1.54) is 10.7 Å². The van der Waals surface area contributed by atoms with Crippen molar-refractivity contribution < 1.29 is 13.2 Å². The van der Waals surface area contributed by atoms with Crippen molar-refractivity contribution in [2.75, 3.05) is 0 Å². The van der Waals surface area contributed by atoms with Crippen molar-refractivity contribution in [2.24, 2.45) is 0 Å². The average Bonchev–Trinajstić information content (AvgIpc) is 2.77. The van der Waals surface area contributed by atoms with Crippen molar-refractivity contribution >= 4 is 0 Å². The van der Waals surface area contributed by atoms with Crippen molar-refractivity contribution in [3.63, 3.8) is 0 Å². The van der Waals surface area contributed by atoms with E-state index < -0.39 is 11.7 Å². The van der Waals surface area contributed by atoms with Crippen LogP contribution in [-0.2, 0) is 11.6 Å². The molecule has 2 aromatic rings. The van der Waals surface area contributed by atoms with E-state index >= 15 is 0 Å². The number of hydrogen-bond donors (Lipinski definition) is 0. The first-order valence-electron chi connectivity index (χ1n) is 5.78. The van der Waals surface area contributed by atoms with Crippen LogP contribution >= 0.6 is 0 Å². The Morgan fingerprint density at radius 2 is 1.74 bits per heavy atom. The standard InChI is InChI=1S/C13H14F3N3/c1-12(2,3)10-6-7-19(18-10)11-5-4-9(8-17-11)13(14,15)16/h4-8H,1-3H3. The summed E-state index contributed by atoms with van der Waals surface area (Å²) in [5.74, 6) is 0.364. The Bertz CT molecular complexity index is 562. The predicted molar refractivity (Wildman–Crippen MR) is 65.1 cm³/mol. The lowest BCUT2D eigenvalue weighted by Crippen LogP contribution is -2.13. The van der Waals surface area contributed by atoms with Gasteiger partial charge in [-0.25, -0.2) is 9.67 Å². The highest BCUT2D eigenvalue weighted by Gasteiger charge is 2.30. The fourth-order valence-corrected chi connectivity index (χ4v) is 1.54. The zero-order valence-corrected chi connectivity index (χ0v) is 10.9. The van der Waals surface area contributed by atoms with Crippen LogP contribution in [0.2, 0.25) is 0 Å². The Balaban J connectivity index is 2.31. The molecule has 0 N–H and O–H groups in total. The third kappa shape index (κ3) is 2.94. The van der Waals surface area contributed by atoms with Gasteiger partial charge in [-0.15, -0.1) is 0 Å². The van der Waals surface area contributed by atoms with Gasteiger partial charge < -0.3 is 0 Å². The average molecular weight is 269 g/mol. The molecule has 0 radical (unpaired) electrons. The molecule has 0 amide bonds. The van der Waals surface area contributed by atoms with Gasteiger partial charge in [-0.1, -0.05) is 20.8 Å². The van der Waals surface area contributed by atoms with Crippen molar-refractivity contribution in [3.05, 3.63) is 41.9 Å². The molecule has 6 heteroatoms. The van der Waals surface area contributed by atoms with Crippen LogP contribution in [0.1, 0.15) is 32.0 Å². The van der Waals surface area contributed by atoms with Gasteiger partial charge in [0.05, 0.1) is 11.3 Å². The molecular weight excluding hydrogens is 255 g/mol. The summed E-state index contributed by atoms with van der Waals surface area (Å²) in [6.45, 7) is 6.04. The molecule has 0 aliphatic heterocycles. The van der Waals surface area contributed by atoms with Crippen molar-refractivity contribution in [1.29, 1.82) is 0 Å². The van der Waals surface area contributed by atoms with Crippen LogP contribution in [0.4, 0.5) is 13.2 Å². The second kappa shape index (κ2) is 4.36. The fourth-order valence-electron chi connectivity index (χ4n) is 1.54. The normalized spacial score (nSPS) is 12.7. The van der Waals surface area contributed by atoms with E-state index in [1.807, 2.05) is 26.8 Å². The van der Waals surface area contributed by atoms with Crippen molar-refractivity contribution in [1.82, 2.24) is 14.8 Å². The first kappa shape index (κ1) is 13.6. The van der Waals surface area contributed by atoms with Gasteiger partial charge in [-0.05, 0) is 18.2 Å². The summed E-state index contributed by atoms with van der Waals surface area (Å²) in [7, 11) is 0. The minimum Gasteiger partial charge on any atom is -0.237 e. The smallest absolute Gasteiger partial charge is 0.237 e. The monoisotopic (exact) mass is 269 g/mol. The van der Waals surface area contributed by atoms with Crippen molar-refractivity contribution in [2.45, 2.75) is 32.4 Å². The SMILES string of the molecule is CC(C)(C)c1ccn(-c2ccc(C(F)(F)F)cn2)n1. The molecule has 0 saturated heterocycles. The molecule has 0 unspecified atom stereocenters. The van der Waals surface area contributed by atoms with E-state index in [0.29, 0.717) is 5.82 Å². The van der Waals surface area contributed by atoms with Crippen LogP contribution in [0.3, 0.4) is 0 Å². The minimum absolute atomic E-state index is 0.114. The maximum Gasteiger partial charge on any atom is 0.417 e. The van der Waals surface area contributed by atoms with E-state index in [0.717, 1.165) is 18.0 Å². The lowest BCUT2D eigenvalue weighted by Gasteiger charge is -2.14. The lowest BCUT2D eigenvalue weighted by atomic mass is 9.93. The van der Waals surface area contributed by atoms with Gasteiger partial charge in [-0.3, -0.25) is 0 Å². The quantitative estimate of drug-likeness (QED) is 0.792. The molecule has 0 saturated carbocycles. The van der Waals surface area contributed by atoms with Gasteiger partial charge >= 0.3 is 6.18 Å². The summed E-state index contributed by atoms with van der Waals surface area (Å²) >= 11 is 0. The van der Waals surface area contributed by atoms with E-state index in [-0.39, 0.29) is 5.41 Å². The largest absolute Gasteiger partial charge is 0.417 e. The number of aromatic nitrogens is 3. The van der Waals surface area contributed by atoms with Crippen molar-refractivity contribution in [3.8, 4) is 5.82 Å². The molecule has 0 bridgehead atoms. The third-order valence-corrected chi connectivity index (χ3v) is 2.67. The molecule has 0 aliphatic rings. The van der Waals surface area contributed by atoms with Gasteiger partial charge in [0.25, 0.3) is 0 Å². The van der Waals surface area contributed by atoms with Gasteiger partial charge in [-0.2, -0.15) is 18.3 Å². The molecule has 19 heavy (non-hydrogen) atoms. The van der Waals surface area contributed by atoms with Crippen LogP contribution in [0.15, 0.2) is 30.6 Å². The molecule has 2 rings (SSSR count). The second-order valence-corrected chi connectivity index (χ2v) is 5.30. The van der Waals surface area contributed by atoms with E-state index in [4.69, 9.17) is 0 Å². The summed E-state index contributed by atoms with van der Waals surface area (Å²) < 4.78 is 38.7. The first-order chi connectivity index (χ1) is 8.68. The van der Waals surface area contributed by atoms with Crippen LogP contribution in [0.5, 0.6) is 0 Å². The Morgan fingerprint density at radius 1 is 1.05 bits per heavy atom. The highest BCUT2D eigenvalue weighted by Crippen LogP contribution is 2.28. The van der Waals surface area contributed by atoms with Gasteiger partial charge in [0.15, 0.2) is 5.82 Å². The van der Waals surface area contributed by atoms with Gasteiger partial charge in [0, 0.05) is 17.8 Å². The molecule has 0 fully saturated rings. The molecule has 2 aromatic heterocycles. The summed E-state index contributed by atoms with van der Waals surface area (Å²) in [6, 6.07) is 4.14. The third-order valence-electron chi connectivity index (χ3n) is 2.67. The molecule has 102 valence electrons. The number of hydrogen-bond acceptors (Lipinski definition) is 2. The highest BCUT2D eigenvalue weighted by atomic mass is 19.4. The zero-order chi connectivity index (χ0) is 14.3. The molecular formula is C13H14F3N3. The molecule has 0 atom stereocenters. The second-order valence-electron chi connectivity index (χ2n) is 5.30. The number of rotatable bonds is 1. The Kier molecular flexibility index (Phi) is 3.12. The van der Waals surface area contributed by atoms with Crippen LogP contribution in [-0.4, -0.2) is 14.8 Å². The summed E-state index contributed by atoms with van der Waals surface area (Å²) in [5, 5.41) is 4.32. The molecule has 0 aromatic carbocycles. The summed E-state index contributed by atoms with van der Waals surface area (Å²) in [5.41, 5.74) is -0.0226. The number of nitrogens with zero attached hydrogens (tertiary/aromatic N) is 3. The molecule has 0 aliphatic carbocycles. The molecule has 3 nitrogen and oxygen atoms in total. The molecule has 2 heterocycles. The van der Waals surface area contributed by atoms with E-state index in [1.54, 1.807) is 6.20 Å². The van der Waals surface area contributed by atoms with E-state index in [9.17, 15) is 13.2 Å². The number of alkyl halides is 3. The lowest BCUT2D eigenvalue weighted by molar-refractivity contribution is -0.137. The first-order valence-corrected chi connectivity index (χ1v) is 5.78. The maximum atomic E-state index is 12.4. The maximum absolute atomic E-state index is 12.4. The van der Waals surface area contributed by atoms with Crippen LogP contribution < -0.4 is 0 Å². The topological polar surface area (TPSA) is 30.7 Å². The summed E-state index contributed by atoms with van der Waals surface area (Å²) in [6.07, 6.45) is -1.86. The van der Waals surface area contributed by atoms with Gasteiger partial charge in [0.1, 0.15) is 0 Å². The van der Waals surface area contributed by atoms with Crippen LogP contribution in [0.25, 0.3) is 5.82 Å². The Hall–Kier alpha value is -1.85. The van der Waals surface area contributed by atoms with Crippen LogP contribution in [0, 0.1) is 0 Å². The Morgan fingerprint density at radius 3 is 2.16 bits per heavy atom. The minimum atomic E-state index is -4.37. The van der Waals surface area contributed by atoms with Gasteiger partial charge in [0.2, 0.25) is 0 Å².